The number of benzene rings is 1. The van der Waals surface area contributed by atoms with E-state index in [1.54, 1.807) is 59.7 Å². The minimum Gasteiger partial charge on any atom is -0.348 e. The van der Waals surface area contributed by atoms with E-state index in [0.29, 0.717) is 16.9 Å². The average molecular weight is 390 g/mol. The highest BCUT2D eigenvalue weighted by molar-refractivity contribution is 6.02. The molecule has 0 aliphatic carbocycles. The largest absolute Gasteiger partial charge is 0.348 e. The van der Waals surface area contributed by atoms with Crippen molar-refractivity contribution in [2.45, 2.75) is 13.1 Å². The lowest BCUT2D eigenvalue weighted by atomic mass is 10.1. The predicted octanol–water partition coefficient (Wildman–Crippen LogP) is 1.25. The number of carbonyl (C=O) groups excluding carboxylic acids is 3. The van der Waals surface area contributed by atoms with Crippen LogP contribution in [0.15, 0.2) is 61.1 Å². The highest BCUT2D eigenvalue weighted by Gasteiger charge is 2.28. The molecule has 1 fully saturated rings. The third-order valence-corrected chi connectivity index (χ3v) is 4.50. The van der Waals surface area contributed by atoms with Gasteiger partial charge in [0, 0.05) is 36.3 Å². The maximum atomic E-state index is 12.6. The second-order valence-corrected chi connectivity index (χ2v) is 6.46. The molecular weight excluding hydrogens is 372 g/mol. The van der Waals surface area contributed by atoms with Gasteiger partial charge in [0.25, 0.3) is 5.91 Å². The molecule has 29 heavy (non-hydrogen) atoms. The molecule has 1 aromatic carbocycles. The molecule has 0 radical (unpaired) electrons. The summed E-state index contributed by atoms with van der Waals surface area (Å²) in [5.41, 5.74) is 1.96. The van der Waals surface area contributed by atoms with Gasteiger partial charge in [-0.3, -0.25) is 14.5 Å². The summed E-state index contributed by atoms with van der Waals surface area (Å²) in [6, 6.07) is 11.9. The number of urea groups is 1. The minimum absolute atomic E-state index is 0.00269. The second kappa shape index (κ2) is 7.93. The quantitative estimate of drug-likeness (QED) is 0.616. The molecule has 0 unspecified atom stereocenters. The van der Waals surface area contributed by atoms with Crippen molar-refractivity contribution in [1.82, 2.24) is 30.3 Å². The maximum Gasteiger partial charge on any atom is 0.324 e. The van der Waals surface area contributed by atoms with Crippen LogP contribution in [0.2, 0.25) is 0 Å². The van der Waals surface area contributed by atoms with Gasteiger partial charge in [0.1, 0.15) is 0 Å². The lowest BCUT2D eigenvalue weighted by Gasteiger charge is -2.13. The molecular formula is C20H18N6O3. The number of imide groups is 1. The van der Waals surface area contributed by atoms with Crippen LogP contribution in [0.4, 0.5) is 4.79 Å². The SMILES string of the molecule is O=C(NCc1cccnc1-n1cccn1)c1cccc(CN2C(=O)CNC2=O)c1. The number of carbonyl (C=O) groups is 3. The summed E-state index contributed by atoms with van der Waals surface area (Å²) < 4.78 is 1.64. The number of aromatic nitrogens is 3. The lowest BCUT2D eigenvalue weighted by Crippen LogP contribution is -2.30. The van der Waals surface area contributed by atoms with Gasteiger partial charge in [-0.15, -0.1) is 0 Å². The Morgan fingerprint density at radius 3 is 2.79 bits per heavy atom. The Kier molecular flexibility index (Phi) is 5.02. The van der Waals surface area contributed by atoms with Gasteiger partial charge in [-0.25, -0.2) is 14.5 Å². The third kappa shape index (κ3) is 3.98. The summed E-state index contributed by atoms with van der Waals surface area (Å²) in [4.78, 5) is 41.5. The third-order valence-electron chi connectivity index (χ3n) is 4.50. The molecule has 4 rings (SSSR count). The Labute approximate surface area is 166 Å². The van der Waals surface area contributed by atoms with Crippen molar-refractivity contribution >= 4 is 17.8 Å². The Morgan fingerprint density at radius 1 is 1.14 bits per heavy atom. The van der Waals surface area contributed by atoms with Gasteiger partial charge in [0.05, 0.1) is 13.1 Å². The Balaban J connectivity index is 1.45. The van der Waals surface area contributed by atoms with Crippen molar-refractivity contribution in [2.75, 3.05) is 6.54 Å². The number of nitrogens with zero attached hydrogens (tertiary/aromatic N) is 4. The van der Waals surface area contributed by atoms with E-state index >= 15 is 0 Å². The van der Waals surface area contributed by atoms with E-state index in [9.17, 15) is 14.4 Å². The molecule has 0 bridgehead atoms. The zero-order valence-electron chi connectivity index (χ0n) is 15.4. The Bertz CT molecular complexity index is 1050. The van der Waals surface area contributed by atoms with E-state index < -0.39 is 6.03 Å². The van der Waals surface area contributed by atoms with Gasteiger partial charge >= 0.3 is 6.03 Å². The fourth-order valence-corrected chi connectivity index (χ4v) is 3.06. The number of pyridine rings is 1. The number of rotatable bonds is 6. The van der Waals surface area contributed by atoms with Gasteiger partial charge in [0.15, 0.2) is 5.82 Å². The van der Waals surface area contributed by atoms with Crippen molar-refractivity contribution in [2.24, 2.45) is 0 Å². The van der Waals surface area contributed by atoms with Crippen molar-refractivity contribution in [3.8, 4) is 5.82 Å². The van der Waals surface area contributed by atoms with E-state index in [0.717, 1.165) is 10.5 Å². The normalized spacial score (nSPS) is 13.4. The average Bonchev–Trinajstić information content (AvgIpc) is 3.38. The first-order chi connectivity index (χ1) is 14.1. The molecule has 2 N–H and O–H groups in total. The molecule has 9 heteroatoms. The van der Waals surface area contributed by atoms with Crippen LogP contribution in [-0.4, -0.2) is 44.1 Å². The van der Waals surface area contributed by atoms with E-state index in [1.807, 2.05) is 6.07 Å². The molecule has 1 aliphatic heterocycles. The predicted molar refractivity (Wildman–Crippen MR) is 103 cm³/mol. The highest BCUT2D eigenvalue weighted by Crippen LogP contribution is 2.13. The van der Waals surface area contributed by atoms with Gasteiger partial charge in [-0.05, 0) is 29.8 Å². The van der Waals surface area contributed by atoms with Crippen LogP contribution in [0.3, 0.4) is 0 Å². The molecule has 3 aromatic rings. The lowest BCUT2D eigenvalue weighted by molar-refractivity contribution is -0.125. The van der Waals surface area contributed by atoms with E-state index in [-0.39, 0.29) is 31.4 Å². The Hall–Kier alpha value is -4.01. The summed E-state index contributed by atoms with van der Waals surface area (Å²) in [6.07, 6.45) is 5.11. The van der Waals surface area contributed by atoms with E-state index in [2.05, 4.69) is 20.7 Å². The van der Waals surface area contributed by atoms with Gasteiger partial charge in [-0.1, -0.05) is 18.2 Å². The fourth-order valence-electron chi connectivity index (χ4n) is 3.06. The van der Waals surface area contributed by atoms with Crippen molar-refractivity contribution in [3.05, 3.63) is 77.7 Å². The molecule has 3 heterocycles. The summed E-state index contributed by atoms with van der Waals surface area (Å²) in [7, 11) is 0. The molecule has 4 amide bonds. The molecule has 1 saturated heterocycles. The second-order valence-electron chi connectivity index (χ2n) is 6.46. The van der Waals surface area contributed by atoms with Crippen LogP contribution < -0.4 is 10.6 Å². The molecule has 0 spiro atoms. The van der Waals surface area contributed by atoms with Crippen molar-refractivity contribution < 1.29 is 14.4 Å². The standard InChI is InChI=1S/C20H18N6O3/c27-17-12-23-20(29)25(17)13-14-4-1-5-15(10-14)19(28)22-11-16-6-2-7-21-18(16)26-9-3-8-24-26/h1-10H,11-13H2,(H,22,28)(H,23,29). The molecule has 146 valence electrons. The van der Waals surface area contributed by atoms with Crippen molar-refractivity contribution in [1.29, 1.82) is 0 Å². The summed E-state index contributed by atoms with van der Waals surface area (Å²) >= 11 is 0. The van der Waals surface area contributed by atoms with E-state index in [4.69, 9.17) is 0 Å². The minimum atomic E-state index is -0.424. The van der Waals surface area contributed by atoms with Gasteiger partial charge in [-0.2, -0.15) is 5.10 Å². The van der Waals surface area contributed by atoms with Crippen LogP contribution in [0.25, 0.3) is 5.82 Å². The van der Waals surface area contributed by atoms with Crippen LogP contribution >= 0.6 is 0 Å². The zero-order chi connectivity index (χ0) is 20.2. The van der Waals surface area contributed by atoms with E-state index in [1.165, 1.54) is 0 Å². The molecule has 1 aliphatic rings. The first kappa shape index (κ1) is 18.4. The van der Waals surface area contributed by atoms with Gasteiger partial charge < -0.3 is 10.6 Å². The topological polar surface area (TPSA) is 109 Å². The highest BCUT2D eigenvalue weighted by atomic mass is 16.2. The number of hydrogen-bond donors (Lipinski definition) is 2. The number of amides is 4. The molecule has 0 atom stereocenters. The van der Waals surface area contributed by atoms with Crippen LogP contribution in [0.5, 0.6) is 0 Å². The van der Waals surface area contributed by atoms with Crippen LogP contribution in [0, 0.1) is 0 Å². The monoisotopic (exact) mass is 390 g/mol. The summed E-state index contributed by atoms with van der Waals surface area (Å²) in [6.45, 7) is 0.402. The fraction of sp³-hybridized carbons (Fsp3) is 0.150. The first-order valence-corrected chi connectivity index (χ1v) is 9.01. The molecule has 2 aromatic heterocycles. The Morgan fingerprint density at radius 2 is 2.03 bits per heavy atom. The zero-order valence-corrected chi connectivity index (χ0v) is 15.4. The first-order valence-electron chi connectivity index (χ1n) is 9.01. The summed E-state index contributed by atoms with van der Waals surface area (Å²) in [5, 5.41) is 9.54. The number of nitrogens with one attached hydrogen (secondary N) is 2. The maximum absolute atomic E-state index is 12.6. The van der Waals surface area contributed by atoms with Crippen LogP contribution in [-0.2, 0) is 17.9 Å². The van der Waals surface area contributed by atoms with Crippen molar-refractivity contribution in [3.63, 3.8) is 0 Å². The molecule has 9 nitrogen and oxygen atoms in total. The smallest absolute Gasteiger partial charge is 0.324 e. The molecule has 0 saturated carbocycles. The summed E-state index contributed by atoms with van der Waals surface area (Å²) in [5.74, 6) is 0.0945. The number of hydrogen-bond acceptors (Lipinski definition) is 5. The van der Waals surface area contributed by atoms with Gasteiger partial charge in [0.2, 0.25) is 5.91 Å². The van der Waals surface area contributed by atoms with Crippen LogP contribution in [0.1, 0.15) is 21.5 Å².